The molecule has 154 valence electrons. The monoisotopic (exact) mass is 428 g/mol. The van der Waals surface area contributed by atoms with Crippen molar-refractivity contribution < 1.29 is 31.5 Å². The number of amides is 1. The number of aromatic nitrogens is 3. The van der Waals surface area contributed by atoms with E-state index in [-0.39, 0.29) is 23.7 Å². The number of fused-ring (bicyclic) bond motifs is 1. The number of benzene rings is 1. The Balaban J connectivity index is 1.84. The summed E-state index contributed by atoms with van der Waals surface area (Å²) in [4.78, 5) is 15.6. The third kappa shape index (κ3) is 5.02. The first-order valence-corrected chi connectivity index (χ1v) is 10.2. The molecule has 0 radical (unpaired) electrons. The highest BCUT2D eigenvalue weighted by Crippen LogP contribution is 2.30. The van der Waals surface area contributed by atoms with E-state index >= 15 is 0 Å². The predicted molar refractivity (Wildman–Crippen MR) is 98.3 cm³/mol. The van der Waals surface area contributed by atoms with Gasteiger partial charge in [0.1, 0.15) is 27.0 Å². The number of hydrogen-bond acceptors (Lipinski definition) is 6. The molecule has 3 aromatic rings. The summed E-state index contributed by atoms with van der Waals surface area (Å²) in [5.74, 6) is -1.42. The fraction of sp³-hybridized carbons (Fsp3) is 0.235. The van der Waals surface area contributed by atoms with Crippen LogP contribution in [0, 0.1) is 0 Å². The van der Waals surface area contributed by atoms with Crippen LogP contribution < -0.4 is 5.32 Å². The average Bonchev–Trinajstić information content (AvgIpc) is 3.01. The molecule has 1 amide bonds. The van der Waals surface area contributed by atoms with E-state index in [1.807, 2.05) is 0 Å². The van der Waals surface area contributed by atoms with Gasteiger partial charge in [0.05, 0.1) is 23.5 Å². The molecule has 12 heteroatoms. The van der Waals surface area contributed by atoms with E-state index in [1.165, 1.54) is 23.0 Å². The molecule has 0 aliphatic carbocycles. The summed E-state index contributed by atoms with van der Waals surface area (Å²) in [6.07, 6.45) is -2.08. The zero-order chi connectivity index (χ0) is 21.4. The number of phenols is 1. The second kappa shape index (κ2) is 7.35. The summed E-state index contributed by atoms with van der Waals surface area (Å²) in [5, 5.41) is 17.0. The molecule has 2 heterocycles. The maximum Gasteiger partial charge on any atom is 0.433 e. The molecule has 29 heavy (non-hydrogen) atoms. The molecule has 2 N–H and O–H groups in total. The van der Waals surface area contributed by atoms with E-state index in [0.29, 0.717) is 10.9 Å². The van der Waals surface area contributed by atoms with E-state index in [2.05, 4.69) is 15.4 Å². The number of alkyl halides is 3. The predicted octanol–water partition coefficient (Wildman–Crippen LogP) is 2.45. The number of carbonyl (C=O) groups is 1. The molecule has 1 aromatic carbocycles. The maximum atomic E-state index is 12.8. The lowest BCUT2D eigenvalue weighted by Crippen LogP contribution is -2.17. The molecule has 0 aliphatic rings. The van der Waals surface area contributed by atoms with Gasteiger partial charge in [0, 0.05) is 23.9 Å². The standard InChI is InChI=1S/C17H15F3N4O4S/c1-29(27,28)6-5-24-9-10-7-13(14(25)8-12(10)23-24)22-16(26)11-3-2-4-15(21-11)17(18,19)20/h2-4,7-9,25H,5-6H2,1H3,(H,22,26). The van der Waals surface area contributed by atoms with Crippen molar-refractivity contribution in [3.8, 4) is 5.75 Å². The summed E-state index contributed by atoms with van der Waals surface area (Å²) < 4.78 is 62.2. The molecule has 0 saturated heterocycles. The average molecular weight is 428 g/mol. The van der Waals surface area contributed by atoms with Crippen LogP contribution in [0.3, 0.4) is 0 Å². The Bertz CT molecular complexity index is 1190. The van der Waals surface area contributed by atoms with Gasteiger partial charge in [0.2, 0.25) is 0 Å². The number of anilines is 1. The largest absolute Gasteiger partial charge is 0.506 e. The van der Waals surface area contributed by atoms with Crippen LogP contribution in [-0.2, 0) is 22.6 Å². The molecule has 0 spiro atoms. The van der Waals surface area contributed by atoms with Crippen LogP contribution in [-0.4, -0.2) is 46.2 Å². The molecule has 8 nitrogen and oxygen atoms in total. The fourth-order valence-electron chi connectivity index (χ4n) is 2.49. The van der Waals surface area contributed by atoms with E-state index in [0.717, 1.165) is 24.5 Å². The highest BCUT2D eigenvalue weighted by Gasteiger charge is 2.33. The summed E-state index contributed by atoms with van der Waals surface area (Å²) in [7, 11) is -3.19. The molecule has 0 unspecified atom stereocenters. The normalized spacial score (nSPS) is 12.3. The van der Waals surface area contributed by atoms with Gasteiger partial charge in [-0.3, -0.25) is 9.48 Å². The Morgan fingerprint density at radius 2 is 2.00 bits per heavy atom. The van der Waals surface area contributed by atoms with Crippen LogP contribution >= 0.6 is 0 Å². The minimum absolute atomic E-state index is 0.0515. The van der Waals surface area contributed by atoms with E-state index in [4.69, 9.17) is 0 Å². The van der Waals surface area contributed by atoms with Crippen molar-refractivity contribution in [1.29, 1.82) is 0 Å². The van der Waals surface area contributed by atoms with Crippen LogP contribution in [0.5, 0.6) is 5.75 Å². The van der Waals surface area contributed by atoms with Crippen molar-refractivity contribution in [3.63, 3.8) is 0 Å². The number of aromatic hydroxyl groups is 1. The van der Waals surface area contributed by atoms with Gasteiger partial charge in [-0.15, -0.1) is 0 Å². The van der Waals surface area contributed by atoms with Gasteiger partial charge < -0.3 is 10.4 Å². The third-order valence-corrected chi connectivity index (χ3v) is 4.80. The van der Waals surface area contributed by atoms with Crippen molar-refractivity contribution in [1.82, 2.24) is 14.8 Å². The third-order valence-electron chi connectivity index (χ3n) is 3.88. The molecule has 0 atom stereocenters. The number of carbonyl (C=O) groups excluding carboxylic acids is 1. The highest BCUT2D eigenvalue weighted by molar-refractivity contribution is 7.90. The first-order chi connectivity index (χ1) is 13.4. The highest BCUT2D eigenvalue weighted by atomic mass is 32.2. The summed E-state index contributed by atoms with van der Waals surface area (Å²) in [6, 6.07) is 5.54. The van der Waals surface area contributed by atoms with Crippen molar-refractivity contribution in [2.24, 2.45) is 0 Å². The maximum absolute atomic E-state index is 12.8. The lowest BCUT2D eigenvalue weighted by molar-refractivity contribution is -0.141. The number of nitrogens with zero attached hydrogens (tertiary/aromatic N) is 3. The number of hydrogen-bond donors (Lipinski definition) is 2. The first-order valence-electron chi connectivity index (χ1n) is 8.16. The van der Waals surface area contributed by atoms with Crippen molar-refractivity contribution in [3.05, 3.63) is 47.9 Å². The number of rotatable bonds is 5. The van der Waals surface area contributed by atoms with Gasteiger partial charge in [-0.1, -0.05) is 6.07 Å². The summed E-state index contributed by atoms with van der Waals surface area (Å²) in [6.45, 7) is 0.101. The van der Waals surface area contributed by atoms with Crippen molar-refractivity contribution in [2.75, 3.05) is 17.3 Å². The zero-order valence-electron chi connectivity index (χ0n) is 14.9. The topological polar surface area (TPSA) is 114 Å². The number of halogens is 3. The minimum Gasteiger partial charge on any atom is -0.506 e. The van der Waals surface area contributed by atoms with Gasteiger partial charge in [0.25, 0.3) is 5.91 Å². The first kappa shape index (κ1) is 20.6. The molecule has 0 bridgehead atoms. The van der Waals surface area contributed by atoms with Crippen LogP contribution in [0.1, 0.15) is 16.2 Å². The van der Waals surface area contributed by atoms with Gasteiger partial charge in [-0.05, 0) is 18.2 Å². The zero-order valence-corrected chi connectivity index (χ0v) is 15.8. The Kier molecular flexibility index (Phi) is 5.22. The number of phenolic OH excluding ortho intramolecular Hbond substituents is 1. The Morgan fingerprint density at radius 1 is 1.28 bits per heavy atom. The number of sulfone groups is 1. The van der Waals surface area contributed by atoms with Gasteiger partial charge in [-0.25, -0.2) is 13.4 Å². The van der Waals surface area contributed by atoms with Gasteiger partial charge >= 0.3 is 6.18 Å². The quantitative estimate of drug-likeness (QED) is 0.604. The van der Waals surface area contributed by atoms with Gasteiger partial charge in [0.15, 0.2) is 0 Å². The van der Waals surface area contributed by atoms with Crippen LogP contribution in [0.2, 0.25) is 0 Å². The van der Waals surface area contributed by atoms with Crippen LogP contribution in [0.25, 0.3) is 10.9 Å². The molecule has 0 saturated carbocycles. The molecule has 2 aromatic heterocycles. The van der Waals surface area contributed by atoms with Crippen molar-refractivity contribution in [2.45, 2.75) is 12.7 Å². The minimum atomic E-state index is -4.70. The van der Waals surface area contributed by atoms with Gasteiger partial charge in [-0.2, -0.15) is 18.3 Å². The number of pyridine rings is 1. The van der Waals surface area contributed by atoms with E-state index < -0.39 is 33.3 Å². The smallest absolute Gasteiger partial charge is 0.433 e. The Labute approximate surface area is 162 Å². The molecule has 3 rings (SSSR count). The lowest BCUT2D eigenvalue weighted by Gasteiger charge is -2.09. The fourth-order valence-corrected chi connectivity index (χ4v) is 3.01. The molecular weight excluding hydrogens is 413 g/mol. The number of aryl methyl sites for hydroxylation is 1. The van der Waals surface area contributed by atoms with E-state index in [1.54, 1.807) is 0 Å². The second-order valence-electron chi connectivity index (χ2n) is 6.31. The lowest BCUT2D eigenvalue weighted by atomic mass is 10.2. The van der Waals surface area contributed by atoms with Crippen molar-refractivity contribution >= 4 is 32.3 Å². The Hall–Kier alpha value is -3.15. The molecule has 0 fully saturated rings. The molecule has 0 aliphatic heterocycles. The summed E-state index contributed by atoms with van der Waals surface area (Å²) >= 11 is 0. The summed E-state index contributed by atoms with van der Waals surface area (Å²) in [5.41, 5.74) is -1.38. The SMILES string of the molecule is CS(=O)(=O)CCn1cc2cc(NC(=O)c3cccc(C(F)(F)F)n3)c(O)cc2n1. The second-order valence-corrected chi connectivity index (χ2v) is 8.57. The van der Waals surface area contributed by atoms with Crippen LogP contribution in [0.15, 0.2) is 36.5 Å². The van der Waals surface area contributed by atoms with E-state index in [9.17, 15) is 31.5 Å². The molecular formula is C17H15F3N4O4S. The van der Waals surface area contributed by atoms with Crippen LogP contribution in [0.4, 0.5) is 18.9 Å². The Morgan fingerprint density at radius 3 is 2.66 bits per heavy atom. The number of nitrogens with one attached hydrogen (secondary N) is 1.